The van der Waals surface area contributed by atoms with Gasteiger partial charge in [0.2, 0.25) is 17.7 Å². The van der Waals surface area contributed by atoms with E-state index < -0.39 is 29.5 Å². The summed E-state index contributed by atoms with van der Waals surface area (Å²) in [6, 6.07) is 8.14. The van der Waals surface area contributed by atoms with Gasteiger partial charge in [-0.2, -0.15) is 0 Å². The van der Waals surface area contributed by atoms with Crippen molar-refractivity contribution < 1.29 is 24.2 Å². The van der Waals surface area contributed by atoms with Crippen molar-refractivity contribution in [1.82, 2.24) is 15.5 Å². The van der Waals surface area contributed by atoms with Gasteiger partial charge >= 0.3 is 0 Å². The number of carbonyl (C=O) groups is 3. The number of carbonyl (C=O) groups excluding carboxylic acids is 3. The van der Waals surface area contributed by atoms with Crippen LogP contribution < -0.4 is 10.6 Å². The fourth-order valence-electron chi connectivity index (χ4n) is 5.76. The predicted octanol–water partition coefficient (Wildman–Crippen LogP) is 0.973. The Hall–Kier alpha value is -2.45. The lowest BCUT2D eigenvalue weighted by Crippen LogP contribution is -2.58. The largest absolute Gasteiger partial charge is 0.394 e. The lowest BCUT2D eigenvalue weighted by Gasteiger charge is -2.36. The molecule has 3 fully saturated rings. The smallest absolute Gasteiger partial charge is 0.246 e. The highest BCUT2D eigenvalue weighted by molar-refractivity contribution is 5.99. The van der Waals surface area contributed by atoms with Gasteiger partial charge in [0.15, 0.2) is 0 Å². The van der Waals surface area contributed by atoms with Gasteiger partial charge in [-0.25, -0.2) is 0 Å². The van der Waals surface area contributed by atoms with Gasteiger partial charge in [-0.15, -0.1) is 0 Å². The summed E-state index contributed by atoms with van der Waals surface area (Å²) in [5, 5.41) is 15.8. The second-order valence-electron chi connectivity index (χ2n) is 9.41. The Morgan fingerprint density at radius 1 is 1.25 bits per heavy atom. The number of nitrogens with zero attached hydrogens (tertiary/aromatic N) is 1. The van der Waals surface area contributed by atoms with Gasteiger partial charge in [0.25, 0.3) is 0 Å². The quantitative estimate of drug-likeness (QED) is 0.555. The zero-order valence-electron chi connectivity index (χ0n) is 18.9. The number of likely N-dealkylation sites (tertiary alicyclic amines) is 1. The molecule has 1 aromatic carbocycles. The Morgan fingerprint density at radius 3 is 2.59 bits per heavy atom. The molecule has 6 atom stereocenters. The van der Waals surface area contributed by atoms with Crippen LogP contribution in [0, 0.1) is 11.8 Å². The van der Waals surface area contributed by atoms with Crippen molar-refractivity contribution in [2.45, 2.75) is 76.4 Å². The minimum Gasteiger partial charge on any atom is -0.394 e. The summed E-state index contributed by atoms with van der Waals surface area (Å²) >= 11 is 0. The highest BCUT2D eigenvalue weighted by Crippen LogP contribution is 2.58. The van der Waals surface area contributed by atoms with Crippen molar-refractivity contribution in [3.63, 3.8) is 0 Å². The minimum atomic E-state index is -1.03. The first-order chi connectivity index (χ1) is 15.3. The number of hydrogen-bond acceptors (Lipinski definition) is 5. The van der Waals surface area contributed by atoms with Crippen LogP contribution in [0.15, 0.2) is 30.3 Å². The molecule has 174 valence electrons. The summed E-state index contributed by atoms with van der Waals surface area (Å²) in [5.41, 5.74) is -0.0579. The number of rotatable bonds is 8. The van der Waals surface area contributed by atoms with Crippen molar-refractivity contribution in [3.8, 4) is 0 Å². The molecule has 3 aliphatic rings. The molecule has 3 heterocycles. The highest BCUT2D eigenvalue weighted by atomic mass is 16.5. The SMILES string of the molecule is CC[C@@H](CO)N1C(=O)[C@@H]2[C@H](C(=O)NCc3ccccc3)[C@@H]3CCC2(O3)C1C(=O)NC(C)C. The molecule has 0 aliphatic carbocycles. The molecular formula is C24H33N3O5. The van der Waals surface area contributed by atoms with Crippen molar-refractivity contribution in [3.05, 3.63) is 35.9 Å². The number of amides is 3. The molecule has 3 saturated heterocycles. The Kier molecular flexibility index (Phi) is 6.27. The van der Waals surface area contributed by atoms with Gasteiger partial charge in [-0.1, -0.05) is 37.3 Å². The normalized spacial score (nSPS) is 31.7. The molecule has 8 nitrogen and oxygen atoms in total. The molecule has 1 spiro atoms. The Balaban J connectivity index is 1.64. The van der Waals surface area contributed by atoms with E-state index in [4.69, 9.17) is 4.74 Å². The fourth-order valence-corrected chi connectivity index (χ4v) is 5.76. The number of fused-ring (bicyclic) bond motifs is 1. The number of nitrogens with one attached hydrogen (secondary N) is 2. The molecule has 1 aromatic rings. The maximum Gasteiger partial charge on any atom is 0.246 e. The predicted molar refractivity (Wildman–Crippen MR) is 117 cm³/mol. The molecule has 4 rings (SSSR count). The van der Waals surface area contributed by atoms with Crippen LogP contribution in [0.25, 0.3) is 0 Å². The van der Waals surface area contributed by atoms with E-state index in [-0.39, 0.29) is 36.5 Å². The lowest BCUT2D eigenvalue weighted by atomic mass is 9.70. The third-order valence-corrected chi connectivity index (χ3v) is 7.11. The average Bonchev–Trinajstić information content (AvgIpc) is 3.41. The van der Waals surface area contributed by atoms with Crippen molar-refractivity contribution in [2.24, 2.45) is 11.8 Å². The Morgan fingerprint density at radius 2 is 1.97 bits per heavy atom. The molecule has 0 aromatic heterocycles. The van der Waals surface area contributed by atoms with Gasteiger partial charge in [-0.05, 0) is 38.7 Å². The second kappa shape index (κ2) is 8.83. The number of benzene rings is 1. The van der Waals surface area contributed by atoms with Crippen LogP contribution >= 0.6 is 0 Å². The molecule has 3 amide bonds. The zero-order valence-corrected chi connectivity index (χ0v) is 18.9. The van der Waals surface area contributed by atoms with Crippen molar-refractivity contribution in [1.29, 1.82) is 0 Å². The first-order valence-electron chi connectivity index (χ1n) is 11.6. The van der Waals surface area contributed by atoms with Crippen molar-refractivity contribution >= 4 is 17.7 Å². The number of aliphatic hydroxyl groups is 1. The monoisotopic (exact) mass is 443 g/mol. The first-order valence-corrected chi connectivity index (χ1v) is 11.6. The van der Waals surface area contributed by atoms with E-state index in [1.165, 1.54) is 4.90 Å². The van der Waals surface area contributed by atoms with E-state index in [0.29, 0.717) is 25.8 Å². The Bertz CT molecular complexity index is 872. The van der Waals surface area contributed by atoms with E-state index >= 15 is 0 Å². The Labute approximate surface area is 188 Å². The maximum atomic E-state index is 13.7. The van der Waals surface area contributed by atoms with Crippen LogP contribution in [0.3, 0.4) is 0 Å². The highest BCUT2D eigenvalue weighted by Gasteiger charge is 2.74. The van der Waals surface area contributed by atoms with Crippen LogP contribution in [-0.4, -0.2) is 64.2 Å². The molecule has 32 heavy (non-hydrogen) atoms. The molecule has 2 unspecified atom stereocenters. The van der Waals surface area contributed by atoms with Gasteiger partial charge in [-0.3, -0.25) is 14.4 Å². The fraction of sp³-hybridized carbons (Fsp3) is 0.625. The molecule has 0 saturated carbocycles. The molecule has 3 N–H and O–H groups in total. The first kappa shape index (κ1) is 22.7. The van der Waals surface area contributed by atoms with Crippen LogP contribution in [0.5, 0.6) is 0 Å². The summed E-state index contributed by atoms with van der Waals surface area (Å²) in [6.07, 6.45) is 1.30. The molecule has 0 radical (unpaired) electrons. The third-order valence-electron chi connectivity index (χ3n) is 7.11. The zero-order chi connectivity index (χ0) is 23.0. The number of ether oxygens (including phenoxy) is 1. The summed E-state index contributed by atoms with van der Waals surface area (Å²) in [7, 11) is 0. The lowest BCUT2D eigenvalue weighted by molar-refractivity contribution is -0.146. The van der Waals surface area contributed by atoms with Crippen LogP contribution in [0.1, 0.15) is 45.6 Å². The van der Waals surface area contributed by atoms with Gasteiger partial charge in [0, 0.05) is 12.6 Å². The van der Waals surface area contributed by atoms with Crippen LogP contribution in [0.2, 0.25) is 0 Å². The van der Waals surface area contributed by atoms with E-state index in [1.54, 1.807) is 0 Å². The topological polar surface area (TPSA) is 108 Å². The van der Waals surface area contributed by atoms with E-state index in [9.17, 15) is 19.5 Å². The molecule has 3 aliphatic heterocycles. The average molecular weight is 444 g/mol. The third kappa shape index (κ3) is 3.59. The maximum absolute atomic E-state index is 13.7. The summed E-state index contributed by atoms with van der Waals surface area (Å²) in [4.78, 5) is 41.7. The number of aliphatic hydroxyl groups excluding tert-OH is 1. The van der Waals surface area contributed by atoms with Crippen LogP contribution in [-0.2, 0) is 25.7 Å². The van der Waals surface area contributed by atoms with Gasteiger partial charge < -0.3 is 25.4 Å². The molecular weight excluding hydrogens is 410 g/mol. The second-order valence-corrected chi connectivity index (χ2v) is 9.41. The summed E-state index contributed by atoms with van der Waals surface area (Å²) in [5.74, 6) is -2.14. The molecule has 2 bridgehead atoms. The molecule has 8 heteroatoms. The summed E-state index contributed by atoms with van der Waals surface area (Å²) < 4.78 is 6.36. The van der Waals surface area contributed by atoms with Crippen LogP contribution in [0.4, 0.5) is 0 Å². The van der Waals surface area contributed by atoms with E-state index in [1.807, 2.05) is 51.1 Å². The number of hydrogen-bond donors (Lipinski definition) is 3. The van der Waals surface area contributed by atoms with E-state index in [2.05, 4.69) is 10.6 Å². The van der Waals surface area contributed by atoms with Gasteiger partial charge in [0.05, 0.1) is 30.6 Å². The standard InChI is InChI=1S/C24H33N3O5/c1-4-16(13-28)27-20(22(30)26-14(2)3)24-11-10-17(32-24)18(19(24)23(27)31)21(29)25-12-15-8-6-5-7-9-15/h5-9,14,16-20,28H,4,10-13H2,1-3H3,(H,25,29)(H,26,30)/t16-,17-,18+,19-,20?,24?/m0/s1. The van der Waals surface area contributed by atoms with Gasteiger partial charge in [0.1, 0.15) is 11.6 Å². The van der Waals surface area contributed by atoms with Crippen molar-refractivity contribution in [2.75, 3.05) is 6.61 Å². The summed E-state index contributed by atoms with van der Waals surface area (Å²) in [6.45, 7) is 5.73. The van der Waals surface area contributed by atoms with E-state index in [0.717, 1.165) is 5.56 Å². The minimum absolute atomic E-state index is 0.104.